The Morgan fingerprint density at radius 1 is 1.12 bits per heavy atom. The predicted molar refractivity (Wildman–Crippen MR) is 105 cm³/mol. The molecule has 26 heavy (non-hydrogen) atoms. The molecule has 0 bridgehead atoms. The molecule has 0 saturated carbocycles. The van der Waals surface area contributed by atoms with Crippen molar-refractivity contribution >= 4 is 34.5 Å². The lowest BCUT2D eigenvalue weighted by Crippen LogP contribution is -2.16. The van der Waals surface area contributed by atoms with Crippen molar-refractivity contribution in [3.05, 3.63) is 57.5 Å². The number of hydrogen-bond acceptors (Lipinski definition) is 5. The van der Waals surface area contributed by atoms with Crippen molar-refractivity contribution in [3.8, 4) is 0 Å². The zero-order chi connectivity index (χ0) is 17.8. The number of benzene rings is 1. The number of rotatable bonds is 3. The van der Waals surface area contributed by atoms with Crippen LogP contribution in [-0.4, -0.2) is 22.1 Å². The van der Waals surface area contributed by atoms with E-state index in [1.165, 1.54) is 42.3 Å². The van der Waals surface area contributed by atoms with Crippen molar-refractivity contribution in [1.82, 2.24) is 15.4 Å². The maximum Gasteiger partial charge on any atom is 0.281 e. The van der Waals surface area contributed by atoms with E-state index in [0.29, 0.717) is 5.69 Å². The minimum atomic E-state index is -0.160. The fourth-order valence-corrected chi connectivity index (χ4v) is 4.35. The van der Waals surface area contributed by atoms with Crippen LogP contribution in [0.2, 0.25) is 0 Å². The number of fused-ring (bicyclic) bond motifs is 2. The third kappa shape index (κ3) is 3.80. The highest BCUT2D eigenvalue weighted by Gasteiger charge is 2.15. The summed E-state index contributed by atoms with van der Waals surface area (Å²) in [4.78, 5) is 23.3. The Labute approximate surface area is 156 Å². The van der Waals surface area contributed by atoms with Crippen LogP contribution in [0.15, 0.2) is 41.6 Å². The molecule has 0 fully saturated rings. The van der Waals surface area contributed by atoms with Crippen molar-refractivity contribution in [2.45, 2.75) is 38.5 Å². The maximum atomic E-state index is 12.4. The van der Waals surface area contributed by atoms with Crippen LogP contribution in [0.1, 0.15) is 51.5 Å². The summed E-state index contributed by atoms with van der Waals surface area (Å²) in [6.45, 7) is 0. The van der Waals surface area contributed by atoms with Gasteiger partial charge in [-0.15, -0.1) is 11.3 Å². The Bertz CT molecular complexity index is 938. The molecule has 1 aliphatic rings. The monoisotopic (exact) mass is 364 g/mol. The first kappa shape index (κ1) is 16.8. The Kier molecular flexibility index (Phi) is 5.02. The van der Waals surface area contributed by atoms with Gasteiger partial charge in [-0.2, -0.15) is 5.10 Å². The molecule has 0 saturated heterocycles. The highest BCUT2D eigenvalue weighted by Crippen LogP contribution is 2.28. The lowest BCUT2D eigenvalue weighted by molar-refractivity contribution is 0.0959. The van der Waals surface area contributed by atoms with Crippen molar-refractivity contribution in [2.75, 3.05) is 0 Å². The average Bonchev–Trinajstić information content (AvgIpc) is 3.03. The van der Waals surface area contributed by atoms with Crippen LogP contribution < -0.4 is 5.43 Å². The van der Waals surface area contributed by atoms with E-state index in [-0.39, 0.29) is 5.91 Å². The molecule has 1 aliphatic carbocycles. The molecule has 2 heterocycles. The molecule has 1 aromatic carbocycles. The molecular formula is C20H20N4OS. The molecule has 4 rings (SSSR count). The number of amides is 1. The zero-order valence-corrected chi connectivity index (χ0v) is 15.3. The van der Waals surface area contributed by atoms with Gasteiger partial charge in [-0.3, -0.25) is 9.78 Å². The highest BCUT2D eigenvalue weighted by molar-refractivity contribution is 7.14. The van der Waals surface area contributed by atoms with E-state index in [9.17, 15) is 4.79 Å². The number of thiophene rings is 1. The molecule has 1 N–H and O–H groups in total. The first-order chi connectivity index (χ1) is 12.8. The molecule has 0 radical (unpaired) electrons. The lowest BCUT2D eigenvalue weighted by Gasteiger charge is -2.07. The second kappa shape index (κ2) is 7.74. The average molecular weight is 364 g/mol. The normalized spacial score (nSPS) is 14.8. The number of carbonyl (C=O) groups is 1. The molecular weight excluding hydrogens is 344 g/mol. The summed E-state index contributed by atoms with van der Waals surface area (Å²) in [6, 6.07) is 9.69. The number of aromatic nitrogens is 2. The first-order valence-corrected chi connectivity index (χ1v) is 9.78. The standard InChI is InChI=1S/C20H20N4OS/c25-20(19-11-14-7-3-1-2-4-10-18(14)26-19)24-22-13-15-12-21-16-8-5-6-9-17(16)23-15/h5-6,8-9,11-13H,1-4,7,10H2,(H,24,25)/b22-13-. The van der Waals surface area contributed by atoms with E-state index in [0.717, 1.165) is 28.8 Å². The van der Waals surface area contributed by atoms with Gasteiger partial charge < -0.3 is 0 Å². The Morgan fingerprint density at radius 2 is 1.92 bits per heavy atom. The van der Waals surface area contributed by atoms with Gasteiger partial charge in [-0.05, 0) is 49.4 Å². The van der Waals surface area contributed by atoms with Gasteiger partial charge in [0.05, 0.1) is 28.3 Å². The lowest BCUT2D eigenvalue weighted by atomic mass is 10.00. The SMILES string of the molecule is O=C(N/N=C\c1cnc2ccccc2n1)c1cc2c(s1)CCCCCC2. The zero-order valence-electron chi connectivity index (χ0n) is 14.4. The third-order valence-electron chi connectivity index (χ3n) is 4.55. The molecule has 5 nitrogen and oxygen atoms in total. The number of aryl methyl sites for hydroxylation is 2. The molecule has 0 spiro atoms. The Balaban J connectivity index is 1.44. The van der Waals surface area contributed by atoms with Gasteiger partial charge in [0.2, 0.25) is 0 Å². The number of carbonyl (C=O) groups excluding carboxylic acids is 1. The molecule has 0 atom stereocenters. The van der Waals surface area contributed by atoms with Crippen LogP contribution in [0.4, 0.5) is 0 Å². The van der Waals surface area contributed by atoms with Crippen LogP contribution >= 0.6 is 11.3 Å². The second-order valence-corrected chi connectivity index (χ2v) is 7.59. The number of hydrogen-bond donors (Lipinski definition) is 1. The maximum absolute atomic E-state index is 12.4. The van der Waals surface area contributed by atoms with E-state index < -0.39 is 0 Å². The van der Waals surface area contributed by atoms with E-state index in [4.69, 9.17) is 0 Å². The molecule has 0 unspecified atom stereocenters. The van der Waals surface area contributed by atoms with E-state index in [1.54, 1.807) is 17.5 Å². The van der Waals surface area contributed by atoms with Gasteiger partial charge >= 0.3 is 0 Å². The van der Waals surface area contributed by atoms with E-state index in [1.807, 2.05) is 30.3 Å². The molecule has 2 aromatic heterocycles. The fraction of sp³-hybridized carbons (Fsp3) is 0.300. The number of nitrogens with one attached hydrogen (secondary N) is 1. The van der Waals surface area contributed by atoms with Crippen molar-refractivity contribution in [3.63, 3.8) is 0 Å². The summed E-state index contributed by atoms with van der Waals surface area (Å²) in [7, 11) is 0. The Hall–Kier alpha value is -2.60. The molecule has 1 amide bonds. The molecule has 132 valence electrons. The topological polar surface area (TPSA) is 67.2 Å². The summed E-state index contributed by atoms with van der Waals surface area (Å²) >= 11 is 1.60. The van der Waals surface area contributed by atoms with Crippen LogP contribution in [0, 0.1) is 0 Å². The summed E-state index contributed by atoms with van der Waals surface area (Å²) in [5, 5.41) is 4.05. The van der Waals surface area contributed by atoms with Crippen molar-refractivity contribution in [1.29, 1.82) is 0 Å². The van der Waals surface area contributed by atoms with Crippen LogP contribution in [0.5, 0.6) is 0 Å². The number of para-hydroxylation sites is 2. The predicted octanol–water partition coefficient (Wildman–Crippen LogP) is 4.11. The molecule has 0 aliphatic heterocycles. The minimum absolute atomic E-state index is 0.160. The van der Waals surface area contributed by atoms with E-state index >= 15 is 0 Å². The minimum Gasteiger partial charge on any atom is -0.266 e. The fourth-order valence-electron chi connectivity index (χ4n) is 3.20. The van der Waals surface area contributed by atoms with Crippen LogP contribution in [0.25, 0.3) is 11.0 Å². The summed E-state index contributed by atoms with van der Waals surface area (Å²) < 4.78 is 0. The summed E-state index contributed by atoms with van der Waals surface area (Å²) in [6.07, 6.45) is 10.3. The largest absolute Gasteiger partial charge is 0.281 e. The van der Waals surface area contributed by atoms with Gasteiger partial charge in [0, 0.05) is 4.88 Å². The second-order valence-electron chi connectivity index (χ2n) is 6.46. The van der Waals surface area contributed by atoms with Gasteiger partial charge in [-0.25, -0.2) is 10.4 Å². The van der Waals surface area contributed by atoms with Crippen molar-refractivity contribution < 1.29 is 4.79 Å². The Morgan fingerprint density at radius 3 is 2.81 bits per heavy atom. The third-order valence-corrected chi connectivity index (χ3v) is 5.79. The summed E-state index contributed by atoms with van der Waals surface area (Å²) in [5.41, 5.74) is 6.20. The van der Waals surface area contributed by atoms with Gasteiger partial charge in [0.25, 0.3) is 5.91 Å². The first-order valence-electron chi connectivity index (χ1n) is 8.96. The molecule has 3 aromatic rings. The molecule has 6 heteroatoms. The van der Waals surface area contributed by atoms with E-state index in [2.05, 4.69) is 20.5 Å². The van der Waals surface area contributed by atoms with Gasteiger partial charge in [-0.1, -0.05) is 25.0 Å². The number of nitrogens with zero attached hydrogens (tertiary/aromatic N) is 3. The van der Waals surface area contributed by atoms with Gasteiger partial charge in [0.1, 0.15) is 5.69 Å². The smallest absolute Gasteiger partial charge is 0.266 e. The highest BCUT2D eigenvalue weighted by atomic mass is 32.1. The van der Waals surface area contributed by atoms with Crippen molar-refractivity contribution in [2.24, 2.45) is 5.10 Å². The van der Waals surface area contributed by atoms with Gasteiger partial charge in [0.15, 0.2) is 0 Å². The summed E-state index contributed by atoms with van der Waals surface area (Å²) in [5.74, 6) is -0.160. The number of hydrazone groups is 1. The quantitative estimate of drug-likeness (QED) is 0.562. The van der Waals surface area contributed by atoms with Crippen LogP contribution in [-0.2, 0) is 12.8 Å². The van der Waals surface area contributed by atoms with Crippen LogP contribution in [0.3, 0.4) is 0 Å².